The van der Waals surface area contributed by atoms with Crippen LogP contribution in [0.15, 0.2) is 34.8 Å². The maximum atomic E-state index is 12.0. The number of aryl methyl sites for hydroxylation is 2. The lowest BCUT2D eigenvalue weighted by Gasteiger charge is -2.12. The number of halogens is 2. The zero-order valence-electron chi connectivity index (χ0n) is 12.9. The normalized spacial score (nSPS) is 10.3. The van der Waals surface area contributed by atoms with Gasteiger partial charge in [0.05, 0.1) is 4.92 Å². The molecule has 2 aromatic carbocycles. The maximum Gasteiger partial charge on any atom is 0.289 e. The zero-order valence-corrected chi connectivity index (χ0v) is 15.3. The van der Waals surface area contributed by atoms with E-state index in [4.69, 9.17) is 16.3 Å². The van der Waals surface area contributed by atoms with Gasteiger partial charge in [0.25, 0.3) is 11.6 Å². The van der Waals surface area contributed by atoms with E-state index in [1.165, 1.54) is 18.2 Å². The van der Waals surface area contributed by atoms with Gasteiger partial charge in [-0.2, -0.15) is 0 Å². The number of rotatable bonds is 5. The van der Waals surface area contributed by atoms with Gasteiger partial charge in [-0.1, -0.05) is 27.5 Å². The monoisotopic (exact) mass is 412 g/mol. The van der Waals surface area contributed by atoms with E-state index in [0.29, 0.717) is 5.75 Å². The summed E-state index contributed by atoms with van der Waals surface area (Å²) in [6, 6.07) is 7.84. The van der Waals surface area contributed by atoms with E-state index in [9.17, 15) is 14.9 Å². The third-order valence-corrected chi connectivity index (χ3v) is 3.98. The van der Waals surface area contributed by atoms with Crippen molar-refractivity contribution in [1.82, 2.24) is 0 Å². The molecule has 0 saturated heterocycles. The predicted octanol–water partition coefficient (Wildman–Crippen LogP) is 4.65. The second-order valence-corrected chi connectivity index (χ2v) is 6.45. The largest absolute Gasteiger partial charge is 0.483 e. The predicted molar refractivity (Wildman–Crippen MR) is 95.8 cm³/mol. The van der Waals surface area contributed by atoms with Crippen LogP contribution in [0.3, 0.4) is 0 Å². The highest BCUT2D eigenvalue weighted by atomic mass is 79.9. The zero-order chi connectivity index (χ0) is 17.9. The molecular formula is C16H14BrClN2O4. The van der Waals surface area contributed by atoms with Crippen LogP contribution in [0.1, 0.15) is 11.1 Å². The van der Waals surface area contributed by atoms with E-state index >= 15 is 0 Å². The number of anilines is 1. The summed E-state index contributed by atoms with van der Waals surface area (Å²) in [6.07, 6.45) is 0. The molecule has 24 heavy (non-hydrogen) atoms. The highest BCUT2D eigenvalue weighted by Crippen LogP contribution is 2.28. The molecule has 0 radical (unpaired) electrons. The number of amides is 1. The van der Waals surface area contributed by atoms with Gasteiger partial charge in [0.1, 0.15) is 10.8 Å². The number of nitro groups is 1. The molecule has 1 amide bonds. The second kappa shape index (κ2) is 7.63. The van der Waals surface area contributed by atoms with Crippen LogP contribution in [0.4, 0.5) is 11.4 Å². The first-order valence-corrected chi connectivity index (χ1v) is 8.08. The van der Waals surface area contributed by atoms with Crippen LogP contribution < -0.4 is 10.1 Å². The average molecular weight is 414 g/mol. The van der Waals surface area contributed by atoms with Crippen molar-refractivity contribution in [2.24, 2.45) is 0 Å². The van der Waals surface area contributed by atoms with E-state index in [0.717, 1.165) is 15.6 Å². The number of hydrogen-bond donors (Lipinski definition) is 1. The molecular weight excluding hydrogens is 400 g/mol. The molecule has 0 fully saturated rings. The van der Waals surface area contributed by atoms with Crippen molar-refractivity contribution in [1.29, 1.82) is 0 Å². The van der Waals surface area contributed by atoms with E-state index in [1.54, 1.807) is 0 Å². The van der Waals surface area contributed by atoms with Gasteiger partial charge in [0.15, 0.2) is 6.61 Å². The standard InChI is InChI=1S/C16H14BrClN2O4/c1-9-5-11(17)6-10(2)16(9)24-8-15(21)19-12-3-4-13(18)14(7-12)20(22)23/h3-7H,8H2,1-2H3,(H,19,21). The molecule has 0 saturated carbocycles. The van der Waals surface area contributed by atoms with Crippen molar-refractivity contribution in [3.63, 3.8) is 0 Å². The van der Waals surface area contributed by atoms with Gasteiger partial charge >= 0.3 is 0 Å². The van der Waals surface area contributed by atoms with Crippen molar-refractivity contribution in [2.75, 3.05) is 11.9 Å². The summed E-state index contributed by atoms with van der Waals surface area (Å²) >= 11 is 9.13. The van der Waals surface area contributed by atoms with Crippen LogP contribution in [-0.2, 0) is 4.79 Å². The second-order valence-electron chi connectivity index (χ2n) is 5.13. The van der Waals surface area contributed by atoms with Gasteiger partial charge in [-0.05, 0) is 49.2 Å². The molecule has 0 aliphatic rings. The third-order valence-electron chi connectivity index (χ3n) is 3.20. The molecule has 0 heterocycles. The van der Waals surface area contributed by atoms with Crippen molar-refractivity contribution in [3.8, 4) is 5.75 Å². The summed E-state index contributed by atoms with van der Waals surface area (Å²) in [5.74, 6) is 0.212. The Kier molecular flexibility index (Phi) is 5.80. The number of nitrogens with zero attached hydrogens (tertiary/aromatic N) is 1. The first-order valence-electron chi connectivity index (χ1n) is 6.91. The number of carbonyl (C=O) groups excluding carboxylic acids is 1. The lowest BCUT2D eigenvalue weighted by Crippen LogP contribution is -2.20. The topological polar surface area (TPSA) is 81.5 Å². The molecule has 0 spiro atoms. The summed E-state index contributed by atoms with van der Waals surface area (Å²) in [6.45, 7) is 3.56. The summed E-state index contributed by atoms with van der Waals surface area (Å²) in [5.41, 5.74) is 1.81. The molecule has 126 valence electrons. The lowest BCUT2D eigenvalue weighted by molar-refractivity contribution is -0.384. The lowest BCUT2D eigenvalue weighted by atomic mass is 10.1. The Balaban J connectivity index is 2.04. The molecule has 0 aliphatic carbocycles. The molecule has 6 nitrogen and oxygen atoms in total. The van der Waals surface area contributed by atoms with E-state index in [2.05, 4.69) is 21.2 Å². The van der Waals surface area contributed by atoms with Crippen LogP contribution in [0.5, 0.6) is 5.75 Å². The molecule has 8 heteroatoms. The number of nitrogens with one attached hydrogen (secondary N) is 1. The average Bonchev–Trinajstić information content (AvgIpc) is 2.47. The Bertz CT molecular complexity index is 788. The van der Waals surface area contributed by atoms with Gasteiger partial charge in [-0.25, -0.2) is 0 Å². The highest BCUT2D eigenvalue weighted by molar-refractivity contribution is 9.10. The molecule has 0 atom stereocenters. The number of carbonyl (C=O) groups is 1. The molecule has 0 bridgehead atoms. The number of hydrogen-bond acceptors (Lipinski definition) is 4. The molecule has 0 aromatic heterocycles. The van der Waals surface area contributed by atoms with Gasteiger partial charge in [0, 0.05) is 16.2 Å². The van der Waals surface area contributed by atoms with Crippen LogP contribution in [0, 0.1) is 24.0 Å². The van der Waals surface area contributed by atoms with Gasteiger partial charge < -0.3 is 10.1 Å². The van der Waals surface area contributed by atoms with Crippen molar-refractivity contribution in [3.05, 3.63) is 61.1 Å². The van der Waals surface area contributed by atoms with Crippen LogP contribution in [0.25, 0.3) is 0 Å². The van der Waals surface area contributed by atoms with Crippen molar-refractivity contribution < 1.29 is 14.5 Å². The third kappa shape index (κ3) is 4.46. The Morgan fingerprint density at radius 2 is 1.92 bits per heavy atom. The Morgan fingerprint density at radius 1 is 1.29 bits per heavy atom. The molecule has 2 aromatic rings. The van der Waals surface area contributed by atoms with Gasteiger partial charge in [-0.15, -0.1) is 0 Å². The summed E-state index contributed by atoms with van der Waals surface area (Å²) < 4.78 is 6.50. The fourth-order valence-corrected chi connectivity index (χ4v) is 3.06. The maximum absolute atomic E-state index is 12.0. The summed E-state index contributed by atoms with van der Waals surface area (Å²) in [7, 11) is 0. The first-order chi connectivity index (χ1) is 11.3. The Labute approximate surface area is 152 Å². The van der Waals surface area contributed by atoms with Gasteiger partial charge in [0.2, 0.25) is 0 Å². The minimum absolute atomic E-state index is 0.00959. The number of ether oxygens (including phenoxy) is 1. The fourth-order valence-electron chi connectivity index (χ4n) is 2.19. The number of nitro benzene ring substituents is 1. The highest BCUT2D eigenvalue weighted by Gasteiger charge is 2.14. The summed E-state index contributed by atoms with van der Waals surface area (Å²) in [5, 5.41) is 13.4. The smallest absolute Gasteiger partial charge is 0.289 e. The number of benzene rings is 2. The van der Waals surface area contributed by atoms with Gasteiger partial charge in [-0.3, -0.25) is 14.9 Å². The fraction of sp³-hybridized carbons (Fsp3) is 0.188. The molecule has 0 unspecified atom stereocenters. The van der Waals surface area contributed by atoms with E-state index in [-0.39, 0.29) is 23.0 Å². The van der Waals surface area contributed by atoms with Crippen LogP contribution >= 0.6 is 27.5 Å². The van der Waals surface area contributed by atoms with Crippen molar-refractivity contribution in [2.45, 2.75) is 13.8 Å². The molecule has 2 rings (SSSR count). The summed E-state index contributed by atoms with van der Waals surface area (Å²) in [4.78, 5) is 22.2. The molecule has 0 aliphatic heterocycles. The Hall–Kier alpha value is -2.12. The minimum atomic E-state index is -0.608. The van der Waals surface area contributed by atoms with Crippen LogP contribution in [-0.4, -0.2) is 17.4 Å². The van der Waals surface area contributed by atoms with Crippen molar-refractivity contribution >= 4 is 44.8 Å². The van der Waals surface area contributed by atoms with E-state index < -0.39 is 10.8 Å². The quantitative estimate of drug-likeness (QED) is 0.571. The minimum Gasteiger partial charge on any atom is -0.483 e. The van der Waals surface area contributed by atoms with E-state index in [1.807, 2.05) is 26.0 Å². The molecule has 1 N–H and O–H groups in total. The Morgan fingerprint density at radius 3 is 2.50 bits per heavy atom. The van der Waals surface area contributed by atoms with Crippen LogP contribution in [0.2, 0.25) is 5.02 Å². The first kappa shape index (κ1) is 18.2. The SMILES string of the molecule is Cc1cc(Br)cc(C)c1OCC(=O)Nc1ccc(Cl)c([N+](=O)[O-])c1.